The normalized spacial score (nSPS) is 17.7. The van der Waals surface area contributed by atoms with Crippen molar-refractivity contribution in [2.24, 2.45) is 0 Å². The predicted octanol–water partition coefficient (Wildman–Crippen LogP) is 4.44. The average molecular weight is 351 g/mol. The summed E-state index contributed by atoms with van der Waals surface area (Å²) in [6, 6.07) is 5.61. The third-order valence-corrected chi connectivity index (χ3v) is 4.85. The van der Waals surface area contributed by atoms with Crippen molar-refractivity contribution in [1.82, 2.24) is 5.32 Å². The van der Waals surface area contributed by atoms with Crippen molar-refractivity contribution in [3.05, 3.63) is 33.3 Å². The Morgan fingerprint density at radius 1 is 1.39 bits per heavy atom. The highest BCUT2D eigenvalue weighted by atomic mass is 79.9. The zero-order valence-corrected chi connectivity index (χ0v) is 12.9. The van der Waals surface area contributed by atoms with Gasteiger partial charge in [0.15, 0.2) is 0 Å². The molecule has 0 radical (unpaired) electrons. The van der Waals surface area contributed by atoms with Crippen LogP contribution in [0, 0.1) is 0 Å². The lowest BCUT2D eigenvalue weighted by Crippen LogP contribution is -2.34. The van der Waals surface area contributed by atoms with Gasteiger partial charge in [-0.1, -0.05) is 30.5 Å². The van der Waals surface area contributed by atoms with E-state index in [0.29, 0.717) is 5.02 Å². The lowest BCUT2D eigenvalue weighted by atomic mass is 10.1. The highest BCUT2D eigenvalue weighted by Crippen LogP contribution is 2.29. The summed E-state index contributed by atoms with van der Waals surface area (Å²) in [5, 5.41) is 2.86. The Hall–Kier alpha value is -0.250. The minimum absolute atomic E-state index is 0.137. The molecule has 2 rings (SSSR count). The molecule has 0 saturated heterocycles. The van der Waals surface area contributed by atoms with Gasteiger partial charge < -0.3 is 5.32 Å². The molecule has 1 aromatic rings. The molecule has 0 spiro atoms. The van der Waals surface area contributed by atoms with Crippen LogP contribution in [-0.2, 0) is 4.79 Å². The molecule has 1 amide bonds. The summed E-state index contributed by atoms with van der Waals surface area (Å²) in [7, 11) is 0. The number of nitrogens with one attached hydrogen (secondary N) is 1. The fraction of sp³-hybridized carbons (Fsp3) is 0.462. The Kier molecular flexibility index (Phi) is 4.93. The molecule has 1 unspecified atom stereocenters. The molecule has 1 atom stereocenters. The monoisotopic (exact) mass is 349 g/mol. The number of hydrogen-bond donors (Lipinski definition) is 1. The predicted molar refractivity (Wildman–Crippen MR) is 78.1 cm³/mol. The molecule has 0 aliphatic heterocycles. The van der Waals surface area contributed by atoms with Crippen LogP contribution in [-0.4, -0.2) is 11.9 Å². The third kappa shape index (κ3) is 3.40. The first-order chi connectivity index (χ1) is 8.58. The van der Waals surface area contributed by atoms with E-state index in [2.05, 4.69) is 21.2 Å². The van der Waals surface area contributed by atoms with Crippen molar-refractivity contribution in [3.63, 3.8) is 0 Å². The second-order valence-electron chi connectivity index (χ2n) is 4.53. The van der Waals surface area contributed by atoms with Crippen LogP contribution in [0.15, 0.2) is 22.7 Å². The fourth-order valence-electron chi connectivity index (χ4n) is 2.17. The van der Waals surface area contributed by atoms with E-state index in [4.69, 9.17) is 23.2 Å². The highest BCUT2D eigenvalue weighted by Gasteiger charge is 2.23. The summed E-state index contributed by atoms with van der Waals surface area (Å²) < 4.78 is 0.799. The maximum Gasteiger partial charge on any atom is 0.242 e. The summed E-state index contributed by atoms with van der Waals surface area (Å²) >= 11 is 15.5. The summed E-state index contributed by atoms with van der Waals surface area (Å²) in [5.41, 5.74) is 0.723. The molecule has 5 heteroatoms. The van der Waals surface area contributed by atoms with Crippen LogP contribution in [0.2, 0.25) is 5.02 Å². The van der Waals surface area contributed by atoms with Crippen LogP contribution in [0.5, 0.6) is 0 Å². The van der Waals surface area contributed by atoms with E-state index in [1.165, 1.54) is 12.8 Å². The van der Waals surface area contributed by atoms with Crippen LogP contribution in [0.3, 0.4) is 0 Å². The average Bonchev–Trinajstić information content (AvgIpc) is 2.84. The number of benzene rings is 1. The Labute approximate surface area is 125 Å². The van der Waals surface area contributed by atoms with Gasteiger partial charge in [-0.25, -0.2) is 0 Å². The Bertz CT molecular complexity index is 447. The topological polar surface area (TPSA) is 29.1 Å². The van der Waals surface area contributed by atoms with Crippen molar-refractivity contribution in [1.29, 1.82) is 0 Å². The number of carbonyl (C=O) groups excluding carboxylic acids is 1. The molecule has 18 heavy (non-hydrogen) atoms. The molecule has 1 aliphatic rings. The number of rotatable bonds is 3. The molecule has 0 aromatic heterocycles. The van der Waals surface area contributed by atoms with E-state index in [1.807, 2.05) is 6.07 Å². The Balaban J connectivity index is 2.02. The summed E-state index contributed by atoms with van der Waals surface area (Å²) in [6.07, 6.45) is 4.47. The minimum Gasteiger partial charge on any atom is -0.352 e. The van der Waals surface area contributed by atoms with Gasteiger partial charge in [0.25, 0.3) is 0 Å². The third-order valence-electron chi connectivity index (χ3n) is 3.17. The van der Waals surface area contributed by atoms with Crippen molar-refractivity contribution >= 4 is 45.0 Å². The molecule has 1 aromatic carbocycles. The summed E-state index contributed by atoms with van der Waals surface area (Å²) in [6.45, 7) is 0. The molecule has 2 nitrogen and oxygen atoms in total. The quantitative estimate of drug-likeness (QED) is 0.802. The van der Waals surface area contributed by atoms with Crippen molar-refractivity contribution in [2.45, 2.75) is 37.1 Å². The molecule has 1 aliphatic carbocycles. The van der Waals surface area contributed by atoms with Crippen molar-refractivity contribution in [2.75, 3.05) is 0 Å². The second-order valence-corrected chi connectivity index (χ2v) is 6.22. The van der Waals surface area contributed by atoms with Crippen LogP contribution < -0.4 is 5.32 Å². The number of amides is 1. The minimum atomic E-state index is -0.684. The number of hydrogen-bond acceptors (Lipinski definition) is 1. The Morgan fingerprint density at radius 3 is 2.67 bits per heavy atom. The van der Waals surface area contributed by atoms with Crippen LogP contribution >= 0.6 is 39.1 Å². The molecule has 1 fully saturated rings. The largest absolute Gasteiger partial charge is 0.352 e. The van der Waals surface area contributed by atoms with Gasteiger partial charge in [0.1, 0.15) is 5.38 Å². The first-order valence-corrected chi connectivity index (χ1v) is 7.58. The standard InChI is InChI=1S/C13H14BrCl2NO/c14-10-6-5-8(7-11(10)15)12(16)13(18)17-9-3-1-2-4-9/h5-7,9,12H,1-4H2,(H,17,18). The van der Waals surface area contributed by atoms with Gasteiger partial charge in [0, 0.05) is 10.5 Å². The van der Waals surface area contributed by atoms with Gasteiger partial charge >= 0.3 is 0 Å². The number of halogens is 3. The number of alkyl halides is 1. The van der Waals surface area contributed by atoms with E-state index < -0.39 is 5.38 Å². The van der Waals surface area contributed by atoms with E-state index in [9.17, 15) is 4.79 Å². The summed E-state index contributed by atoms with van der Waals surface area (Å²) in [5.74, 6) is -0.137. The zero-order valence-electron chi connectivity index (χ0n) is 9.76. The van der Waals surface area contributed by atoms with Crippen molar-refractivity contribution in [3.8, 4) is 0 Å². The van der Waals surface area contributed by atoms with Crippen LogP contribution in [0.25, 0.3) is 0 Å². The lowest BCUT2D eigenvalue weighted by molar-refractivity contribution is -0.121. The smallest absolute Gasteiger partial charge is 0.242 e. The molecular weight excluding hydrogens is 337 g/mol. The van der Waals surface area contributed by atoms with Crippen LogP contribution in [0.1, 0.15) is 36.6 Å². The molecule has 0 heterocycles. The Morgan fingerprint density at radius 2 is 2.06 bits per heavy atom. The van der Waals surface area contributed by atoms with Gasteiger partial charge in [-0.3, -0.25) is 4.79 Å². The fourth-order valence-corrected chi connectivity index (χ4v) is 2.80. The molecule has 1 saturated carbocycles. The number of carbonyl (C=O) groups is 1. The molecule has 98 valence electrons. The van der Waals surface area contributed by atoms with Gasteiger partial charge in [-0.05, 0) is 46.5 Å². The van der Waals surface area contributed by atoms with E-state index in [1.54, 1.807) is 12.1 Å². The van der Waals surface area contributed by atoms with Gasteiger partial charge in [-0.2, -0.15) is 0 Å². The molecule has 0 bridgehead atoms. The van der Waals surface area contributed by atoms with E-state index >= 15 is 0 Å². The highest BCUT2D eigenvalue weighted by molar-refractivity contribution is 9.10. The van der Waals surface area contributed by atoms with Gasteiger partial charge in [0.2, 0.25) is 5.91 Å². The maximum atomic E-state index is 12.0. The van der Waals surface area contributed by atoms with Crippen molar-refractivity contribution < 1.29 is 4.79 Å². The van der Waals surface area contributed by atoms with Crippen LogP contribution in [0.4, 0.5) is 0 Å². The van der Waals surface area contributed by atoms with Gasteiger partial charge in [0.05, 0.1) is 5.02 Å². The second kappa shape index (κ2) is 6.27. The first-order valence-electron chi connectivity index (χ1n) is 5.97. The van der Waals surface area contributed by atoms with Gasteiger partial charge in [-0.15, -0.1) is 11.6 Å². The summed E-state index contributed by atoms with van der Waals surface area (Å²) in [4.78, 5) is 12.0. The van der Waals surface area contributed by atoms with E-state index in [-0.39, 0.29) is 11.9 Å². The molecular formula is C13H14BrCl2NO. The zero-order chi connectivity index (χ0) is 13.1. The SMILES string of the molecule is O=C(NC1CCCC1)C(Cl)c1ccc(Br)c(Cl)c1. The van der Waals surface area contributed by atoms with E-state index in [0.717, 1.165) is 22.9 Å². The first kappa shape index (κ1) is 14.2. The maximum absolute atomic E-state index is 12.0. The lowest BCUT2D eigenvalue weighted by Gasteiger charge is -2.16. The molecule has 1 N–H and O–H groups in total.